The van der Waals surface area contributed by atoms with Crippen molar-refractivity contribution >= 4 is 11.8 Å². The van der Waals surface area contributed by atoms with Crippen molar-refractivity contribution in [3.05, 3.63) is 12.7 Å². The number of hydrogen-bond acceptors (Lipinski definition) is 2. The van der Waals surface area contributed by atoms with E-state index in [1.54, 1.807) is 17.9 Å². The van der Waals surface area contributed by atoms with Gasteiger partial charge in [0.25, 0.3) is 0 Å². The summed E-state index contributed by atoms with van der Waals surface area (Å²) in [4.78, 5) is 24.8. The first-order valence-electron chi connectivity index (χ1n) is 4.83. The Kier molecular flexibility index (Phi) is 3.28. The summed E-state index contributed by atoms with van der Waals surface area (Å²) in [5.74, 6) is -0.0993. The van der Waals surface area contributed by atoms with Gasteiger partial charge in [-0.05, 0) is 13.3 Å². The third-order valence-electron chi connectivity index (χ3n) is 2.48. The van der Waals surface area contributed by atoms with Gasteiger partial charge in [0.15, 0.2) is 0 Å². The molecule has 1 N–H and O–H groups in total. The quantitative estimate of drug-likeness (QED) is 0.660. The number of carbonyl (C=O) groups excluding carboxylic acids is 2. The summed E-state index contributed by atoms with van der Waals surface area (Å²) in [6.45, 7) is 7.61. The lowest BCUT2D eigenvalue weighted by Gasteiger charge is -2.36. The van der Waals surface area contributed by atoms with Gasteiger partial charge in [-0.3, -0.25) is 9.59 Å². The lowest BCUT2D eigenvalue weighted by atomic mass is 10.1. The number of nitrogens with one attached hydrogen (secondary N) is 1. The third-order valence-corrected chi connectivity index (χ3v) is 2.48. The first-order chi connectivity index (χ1) is 6.61. The molecule has 1 rings (SSSR count). The Morgan fingerprint density at radius 1 is 1.57 bits per heavy atom. The van der Waals surface area contributed by atoms with E-state index < -0.39 is 0 Å². The minimum absolute atomic E-state index is 0.0144. The molecule has 1 heterocycles. The first-order valence-corrected chi connectivity index (χ1v) is 4.83. The van der Waals surface area contributed by atoms with Crippen LogP contribution in [0.25, 0.3) is 0 Å². The van der Waals surface area contributed by atoms with Crippen LogP contribution >= 0.6 is 0 Å². The fraction of sp³-hybridized carbons (Fsp3) is 0.600. The van der Waals surface area contributed by atoms with Crippen LogP contribution in [0.2, 0.25) is 0 Å². The van der Waals surface area contributed by atoms with Gasteiger partial charge in [0.1, 0.15) is 12.1 Å². The molecular formula is C10H16N2O2. The smallest absolute Gasteiger partial charge is 0.246 e. The van der Waals surface area contributed by atoms with Crippen LogP contribution in [0.4, 0.5) is 0 Å². The van der Waals surface area contributed by atoms with Gasteiger partial charge in [-0.2, -0.15) is 0 Å². The van der Waals surface area contributed by atoms with Gasteiger partial charge in [-0.1, -0.05) is 13.0 Å². The highest BCUT2D eigenvalue weighted by molar-refractivity contribution is 5.96. The molecule has 1 aliphatic rings. The molecule has 0 aliphatic carbocycles. The molecule has 14 heavy (non-hydrogen) atoms. The fourth-order valence-electron chi connectivity index (χ4n) is 1.55. The van der Waals surface area contributed by atoms with E-state index in [1.807, 2.05) is 6.92 Å². The molecule has 4 heteroatoms. The average Bonchev–Trinajstić information content (AvgIpc) is 2.18. The summed E-state index contributed by atoms with van der Waals surface area (Å²) in [5.41, 5.74) is 0. The van der Waals surface area contributed by atoms with Crippen molar-refractivity contribution in [2.24, 2.45) is 0 Å². The van der Waals surface area contributed by atoms with Crippen molar-refractivity contribution in [3.8, 4) is 0 Å². The summed E-state index contributed by atoms with van der Waals surface area (Å²) < 4.78 is 0. The maximum absolute atomic E-state index is 11.8. The molecule has 1 saturated heterocycles. The van der Waals surface area contributed by atoms with Crippen LogP contribution in [-0.2, 0) is 9.59 Å². The third kappa shape index (κ3) is 1.78. The number of carbonyl (C=O) groups is 2. The molecule has 1 aliphatic heterocycles. The predicted octanol–water partition coefficient (Wildman–Crippen LogP) is 0.298. The van der Waals surface area contributed by atoms with Crippen molar-refractivity contribution in [1.82, 2.24) is 10.2 Å². The molecule has 2 unspecified atom stereocenters. The lowest BCUT2D eigenvalue weighted by Crippen LogP contribution is -2.62. The maximum atomic E-state index is 11.8. The molecule has 2 atom stereocenters. The second kappa shape index (κ2) is 4.26. The Hall–Kier alpha value is -1.32. The monoisotopic (exact) mass is 196 g/mol. The van der Waals surface area contributed by atoms with Gasteiger partial charge >= 0.3 is 0 Å². The molecule has 4 nitrogen and oxygen atoms in total. The molecular weight excluding hydrogens is 180 g/mol. The van der Waals surface area contributed by atoms with Crippen LogP contribution in [0.15, 0.2) is 12.7 Å². The number of hydrogen-bond donors (Lipinski definition) is 1. The minimum atomic E-state index is -0.386. The van der Waals surface area contributed by atoms with E-state index in [9.17, 15) is 9.59 Å². The molecule has 2 amide bonds. The Morgan fingerprint density at radius 3 is 2.71 bits per heavy atom. The minimum Gasteiger partial charge on any atom is -0.343 e. The first kappa shape index (κ1) is 10.8. The van der Waals surface area contributed by atoms with Gasteiger partial charge < -0.3 is 10.2 Å². The standard InChI is InChI=1S/C10H16N2O2/c1-4-6-12-7(3)9(13)11-8(5-2)10(12)14/h4,7-8H,1,5-6H2,2-3H3,(H,11,13). The zero-order valence-corrected chi connectivity index (χ0v) is 8.62. The normalized spacial score (nSPS) is 27.4. The van der Waals surface area contributed by atoms with Gasteiger partial charge in [0.2, 0.25) is 11.8 Å². The zero-order valence-electron chi connectivity index (χ0n) is 8.62. The van der Waals surface area contributed by atoms with E-state index >= 15 is 0 Å². The number of rotatable bonds is 3. The Balaban J connectivity index is 2.82. The topological polar surface area (TPSA) is 49.4 Å². The molecule has 0 aromatic carbocycles. The van der Waals surface area contributed by atoms with Gasteiger partial charge in [0, 0.05) is 6.54 Å². The molecule has 78 valence electrons. The maximum Gasteiger partial charge on any atom is 0.246 e. The van der Waals surface area contributed by atoms with Gasteiger partial charge in [0.05, 0.1) is 0 Å². The summed E-state index contributed by atoms with van der Waals surface area (Å²) >= 11 is 0. The Labute approximate surface area is 84.0 Å². The van der Waals surface area contributed by atoms with Crippen LogP contribution in [-0.4, -0.2) is 35.3 Å². The van der Waals surface area contributed by atoms with Crippen molar-refractivity contribution in [2.45, 2.75) is 32.4 Å². The van der Waals surface area contributed by atoms with E-state index in [2.05, 4.69) is 11.9 Å². The van der Waals surface area contributed by atoms with Crippen molar-refractivity contribution in [1.29, 1.82) is 0 Å². The Morgan fingerprint density at radius 2 is 2.21 bits per heavy atom. The van der Waals surface area contributed by atoms with E-state index in [4.69, 9.17) is 0 Å². The van der Waals surface area contributed by atoms with Crippen LogP contribution in [0, 0.1) is 0 Å². The van der Waals surface area contributed by atoms with E-state index in [-0.39, 0.29) is 23.9 Å². The average molecular weight is 196 g/mol. The molecule has 0 aromatic rings. The second-order valence-electron chi connectivity index (χ2n) is 3.42. The molecule has 0 bridgehead atoms. The van der Waals surface area contributed by atoms with Crippen LogP contribution in [0.3, 0.4) is 0 Å². The van der Waals surface area contributed by atoms with Crippen LogP contribution in [0.5, 0.6) is 0 Å². The highest BCUT2D eigenvalue weighted by Gasteiger charge is 2.36. The number of piperazine rings is 1. The molecule has 0 saturated carbocycles. The van der Waals surface area contributed by atoms with Crippen LogP contribution < -0.4 is 5.32 Å². The Bertz CT molecular complexity index is 263. The van der Waals surface area contributed by atoms with Gasteiger partial charge in [-0.25, -0.2) is 0 Å². The summed E-state index contributed by atoms with van der Waals surface area (Å²) in [5, 5.41) is 2.69. The zero-order chi connectivity index (χ0) is 10.7. The lowest BCUT2D eigenvalue weighted by molar-refractivity contribution is -0.148. The molecule has 1 fully saturated rings. The predicted molar refractivity (Wildman–Crippen MR) is 53.6 cm³/mol. The number of nitrogens with zero attached hydrogens (tertiary/aromatic N) is 1. The van der Waals surface area contributed by atoms with Crippen molar-refractivity contribution in [2.75, 3.05) is 6.54 Å². The largest absolute Gasteiger partial charge is 0.343 e. The fourth-order valence-corrected chi connectivity index (χ4v) is 1.55. The summed E-state index contributed by atoms with van der Waals surface area (Å²) in [6, 6.07) is -0.748. The van der Waals surface area contributed by atoms with E-state index in [0.717, 1.165) is 0 Å². The van der Waals surface area contributed by atoms with E-state index in [1.165, 1.54) is 0 Å². The summed E-state index contributed by atoms with van der Waals surface area (Å²) in [7, 11) is 0. The highest BCUT2D eigenvalue weighted by atomic mass is 16.2. The number of amides is 2. The second-order valence-corrected chi connectivity index (χ2v) is 3.42. The van der Waals surface area contributed by atoms with E-state index in [0.29, 0.717) is 13.0 Å². The SMILES string of the molecule is C=CCN1C(=O)C(CC)NC(=O)C1C. The molecule has 0 spiro atoms. The highest BCUT2D eigenvalue weighted by Crippen LogP contribution is 2.11. The van der Waals surface area contributed by atoms with Crippen LogP contribution in [0.1, 0.15) is 20.3 Å². The van der Waals surface area contributed by atoms with Gasteiger partial charge in [-0.15, -0.1) is 6.58 Å². The molecule has 0 aromatic heterocycles. The van der Waals surface area contributed by atoms with Crippen molar-refractivity contribution < 1.29 is 9.59 Å². The van der Waals surface area contributed by atoms with Crippen molar-refractivity contribution in [3.63, 3.8) is 0 Å². The summed E-state index contributed by atoms with van der Waals surface area (Å²) in [6.07, 6.45) is 2.27. The molecule has 0 radical (unpaired) electrons.